The van der Waals surface area contributed by atoms with Crippen LogP contribution in [0.3, 0.4) is 0 Å². The van der Waals surface area contributed by atoms with Gasteiger partial charge in [0.15, 0.2) is 0 Å². The van der Waals surface area contributed by atoms with Crippen molar-refractivity contribution in [1.29, 1.82) is 0 Å². The summed E-state index contributed by atoms with van der Waals surface area (Å²) in [7, 11) is 0. The molecule has 138 valence electrons. The smallest absolute Gasteiger partial charge is 0.249 e. The number of nitrogens with one attached hydrogen (secondary N) is 1. The van der Waals surface area contributed by atoms with E-state index in [1.165, 1.54) is 5.56 Å². The molecular formula is C22H28N2O2. The van der Waals surface area contributed by atoms with Crippen LogP contribution in [0.25, 0.3) is 0 Å². The van der Waals surface area contributed by atoms with Gasteiger partial charge in [-0.1, -0.05) is 60.2 Å². The molecule has 2 aromatic carbocycles. The zero-order valence-corrected chi connectivity index (χ0v) is 15.9. The third-order valence-electron chi connectivity index (χ3n) is 4.52. The molecule has 0 aliphatic rings. The minimum absolute atomic E-state index is 0.0649. The molecule has 0 saturated heterocycles. The highest BCUT2D eigenvalue weighted by molar-refractivity contribution is 5.88. The maximum absolute atomic E-state index is 12.9. The predicted molar refractivity (Wildman–Crippen MR) is 105 cm³/mol. The van der Waals surface area contributed by atoms with E-state index in [4.69, 9.17) is 0 Å². The van der Waals surface area contributed by atoms with Crippen molar-refractivity contribution in [3.8, 4) is 0 Å². The first-order valence-corrected chi connectivity index (χ1v) is 9.23. The fraction of sp³-hybridized carbons (Fsp3) is 0.364. The number of rotatable bonds is 8. The minimum Gasteiger partial charge on any atom is -0.341 e. The zero-order chi connectivity index (χ0) is 18.9. The van der Waals surface area contributed by atoms with E-state index in [-0.39, 0.29) is 11.8 Å². The van der Waals surface area contributed by atoms with E-state index in [1.807, 2.05) is 75.4 Å². The SMILES string of the molecule is CCN(CC)C(=O)[C@@H](NC(=O)CCc1ccc(C)cc1)c1ccccc1. The van der Waals surface area contributed by atoms with Crippen LogP contribution in [0.5, 0.6) is 0 Å². The van der Waals surface area contributed by atoms with Crippen LogP contribution >= 0.6 is 0 Å². The number of amides is 2. The fourth-order valence-electron chi connectivity index (χ4n) is 2.90. The van der Waals surface area contributed by atoms with E-state index in [1.54, 1.807) is 4.90 Å². The first-order valence-electron chi connectivity index (χ1n) is 9.23. The molecule has 1 atom stereocenters. The van der Waals surface area contributed by atoms with Gasteiger partial charge in [-0.25, -0.2) is 0 Å². The summed E-state index contributed by atoms with van der Waals surface area (Å²) in [4.78, 5) is 27.1. The lowest BCUT2D eigenvalue weighted by Gasteiger charge is -2.26. The summed E-state index contributed by atoms with van der Waals surface area (Å²) in [5.74, 6) is -0.176. The Balaban J connectivity index is 2.06. The number of hydrogen-bond acceptors (Lipinski definition) is 2. The van der Waals surface area contributed by atoms with Gasteiger partial charge in [-0.15, -0.1) is 0 Å². The lowest BCUT2D eigenvalue weighted by Crippen LogP contribution is -2.42. The van der Waals surface area contributed by atoms with Crippen LogP contribution in [0.2, 0.25) is 0 Å². The van der Waals surface area contributed by atoms with Gasteiger partial charge in [0.05, 0.1) is 0 Å². The highest BCUT2D eigenvalue weighted by atomic mass is 16.2. The lowest BCUT2D eigenvalue weighted by molar-refractivity contribution is -0.136. The molecule has 2 rings (SSSR count). The van der Waals surface area contributed by atoms with Crippen LogP contribution in [0.4, 0.5) is 0 Å². The van der Waals surface area contributed by atoms with Crippen molar-refractivity contribution in [2.45, 2.75) is 39.7 Å². The van der Waals surface area contributed by atoms with E-state index < -0.39 is 6.04 Å². The molecule has 0 aliphatic heterocycles. The summed E-state index contributed by atoms with van der Waals surface area (Å²) in [6, 6.07) is 17.0. The summed E-state index contributed by atoms with van der Waals surface area (Å²) >= 11 is 0. The first kappa shape index (κ1) is 19.7. The van der Waals surface area contributed by atoms with Gasteiger partial charge >= 0.3 is 0 Å². The van der Waals surface area contributed by atoms with Gasteiger partial charge in [0.25, 0.3) is 0 Å². The van der Waals surface area contributed by atoms with Gasteiger partial charge in [-0.05, 0) is 38.3 Å². The number of carbonyl (C=O) groups excluding carboxylic acids is 2. The van der Waals surface area contributed by atoms with Crippen LogP contribution in [0.1, 0.15) is 43.0 Å². The van der Waals surface area contributed by atoms with E-state index in [9.17, 15) is 9.59 Å². The van der Waals surface area contributed by atoms with Crippen molar-refractivity contribution < 1.29 is 9.59 Å². The molecule has 0 bridgehead atoms. The molecule has 2 amide bonds. The molecule has 4 heteroatoms. The summed E-state index contributed by atoms with van der Waals surface area (Å²) in [5, 5.41) is 2.93. The van der Waals surface area contributed by atoms with Crippen LogP contribution in [-0.2, 0) is 16.0 Å². The summed E-state index contributed by atoms with van der Waals surface area (Å²) in [5.41, 5.74) is 3.14. The average molecular weight is 352 g/mol. The number of carbonyl (C=O) groups is 2. The molecule has 0 aromatic heterocycles. The Morgan fingerprint density at radius 2 is 1.58 bits per heavy atom. The monoisotopic (exact) mass is 352 g/mol. The van der Waals surface area contributed by atoms with Crippen LogP contribution in [0.15, 0.2) is 54.6 Å². The lowest BCUT2D eigenvalue weighted by atomic mass is 10.0. The van der Waals surface area contributed by atoms with Crippen molar-refractivity contribution in [2.24, 2.45) is 0 Å². The Hall–Kier alpha value is -2.62. The number of benzene rings is 2. The number of nitrogens with zero attached hydrogens (tertiary/aromatic N) is 1. The van der Waals surface area contributed by atoms with Crippen molar-refractivity contribution in [1.82, 2.24) is 10.2 Å². The predicted octanol–water partition coefficient (Wildman–Crippen LogP) is 3.65. The first-order chi connectivity index (χ1) is 12.5. The summed E-state index contributed by atoms with van der Waals surface area (Å²) in [6.45, 7) is 7.18. The Kier molecular flexibility index (Phi) is 7.39. The quantitative estimate of drug-likeness (QED) is 0.788. The second-order valence-corrected chi connectivity index (χ2v) is 6.41. The van der Waals surface area contributed by atoms with Crippen molar-refractivity contribution in [3.63, 3.8) is 0 Å². The number of likely N-dealkylation sites (N-methyl/N-ethyl adjacent to an activating group) is 1. The maximum atomic E-state index is 12.9. The second kappa shape index (κ2) is 9.76. The Bertz CT molecular complexity index is 707. The number of aryl methyl sites for hydroxylation is 2. The average Bonchev–Trinajstić information content (AvgIpc) is 2.67. The maximum Gasteiger partial charge on any atom is 0.249 e. The largest absolute Gasteiger partial charge is 0.341 e. The van der Waals surface area contributed by atoms with Crippen molar-refractivity contribution >= 4 is 11.8 Å². The van der Waals surface area contributed by atoms with Gasteiger partial charge in [0, 0.05) is 19.5 Å². The van der Waals surface area contributed by atoms with E-state index in [0.717, 1.165) is 11.1 Å². The third-order valence-corrected chi connectivity index (χ3v) is 4.52. The van der Waals surface area contributed by atoms with E-state index in [0.29, 0.717) is 25.9 Å². The molecule has 0 fully saturated rings. The summed E-state index contributed by atoms with van der Waals surface area (Å²) < 4.78 is 0. The van der Waals surface area contributed by atoms with Crippen LogP contribution in [0, 0.1) is 6.92 Å². The van der Waals surface area contributed by atoms with Crippen molar-refractivity contribution in [2.75, 3.05) is 13.1 Å². The molecular weight excluding hydrogens is 324 g/mol. The molecule has 0 saturated carbocycles. The minimum atomic E-state index is -0.637. The molecule has 26 heavy (non-hydrogen) atoms. The fourth-order valence-corrected chi connectivity index (χ4v) is 2.90. The molecule has 4 nitrogen and oxygen atoms in total. The highest BCUT2D eigenvalue weighted by Gasteiger charge is 2.25. The highest BCUT2D eigenvalue weighted by Crippen LogP contribution is 2.16. The van der Waals surface area contributed by atoms with E-state index in [2.05, 4.69) is 5.32 Å². The standard InChI is InChI=1S/C22H28N2O2/c1-4-24(5-2)22(26)21(19-9-7-6-8-10-19)23-20(25)16-15-18-13-11-17(3)12-14-18/h6-14,21H,4-5,15-16H2,1-3H3,(H,23,25)/t21-/m0/s1. The topological polar surface area (TPSA) is 49.4 Å². The molecule has 0 radical (unpaired) electrons. The summed E-state index contributed by atoms with van der Waals surface area (Å²) in [6.07, 6.45) is 1.02. The van der Waals surface area contributed by atoms with Crippen molar-refractivity contribution in [3.05, 3.63) is 71.3 Å². The Morgan fingerprint density at radius 3 is 2.15 bits per heavy atom. The molecule has 2 aromatic rings. The van der Waals surface area contributed by atoms with Crippen LogP contribution < -0.4 is 5.32 Å². The van der Waals surface area contributed by atoms with E-state index >= 15 is 0 Å². The molecule has 1 N–H and O–H groups in total. The molecule has 0 spiro atoms. The van der Waals surface area contributed by atoms with Gasteiger partial charge in [-0.3, -0.25) is 9.59 Å². The Labute approximate surface area is 156 Å². The molecule has 0 unspecified atom stereocenters. The van der Waals surface area contributed by atoms with Gasteiger partial charge < -0.3 is 10.2 Å². The van der Waals surface area contributed by atoms with Gasteiger partial charge in [-0.2, -0.15) is 0 Å². The molecule has 0 heterocycles. The normalized spacial score (nSPS) is 11.7. The second-order valence-electron chi connectivity index (χ2n) is 6.41. The zero-order valence-electron chi connectivity index (χ0n) is 15.9. The molecule has 0 aliphatic carbocycles. The number of hydrogen-bond donors (Lipinski definition) is 1. The van der Waals surface area contributed by atoms with Gasteiger partial charge in [0.2, 0.25) is 11.8 Å². The Morgan fingerprint density at radius 1 is 0.962 bits per heavy atom. The van der Waals surface area contributed by atoms with Gasteiger partial charge in [0.1, 0.15) is 6.04 Å². The third kappa shape index (κ3) is 5.45. The van der Waals surface area contributed by atoms with Crippen LogP contribution in [-0.4, -0.2) is 29.8 Å².